The molecule has 0 spiro atoms. The smallest absolute Gasteiger partial charge is 0.273 e. The zero-order valence-corrected chi connectivity index (χ0v) is 16.8. The minimum absolute atomic E-state index is 0.0799. The van der Waals surface area contributed by atoms with Crippen molar-refractivity contribution in [2.75, 3.05) is 0 Å². The van der Waals surface area contributed by atoms with E-state index in [-0.39, 0.29) is 11.9 Å². The second-order valence-corrected chi connectivity index (χ2v) is 7.42. The molecule has 7 heteroatoms. The van der Waals surface area contributed by atoms with Crippen molar-refractivity contribution in [1.82, 2.24) is 30.1 Å². The Morgan fingerprint density at radius 3 is 2.72 bits per heavy atom. The number of carbonyl (C=O) groups is 1. The van der Waals surface area contributed by atoms with Gasteiger partial charge in [-0.1, -0.05) is 47.7 Å². The summed E-state index contributed by atoms with van der Waals surface area (Å²) in [6.07, 6.45) is 1.69. The number of fused-ring (bicyclic) bond motifs is 1. The Labute approximate surface area is 169 Å². The number of rotatable bonds is 6. The number of amides is 1. The number of carbonyl (C=O) groups excluding carboxylic acids is 1. The number of nitrogens with zero attached hydrogens (tertiary/aromatic N) is 5. The van der Waals surface area contributed by atoms with Gasteiger partial charge in [-0.3, -0.25) is 9.48 Å². The normalized spacial score (nSPS) is 12.2. The molecule has 0 saturated carbocycles. The molecule has 148 valence electrons. The maximum absolute atomic E-state index is 12.6. The summed E-state index contributed by atoms with van der Waals surface area (Å²) in [7, 11) is 0. The quantitative estimate of drug-likeness (QED) is 0.551. The van der Waals surface area contributed by atoms with Gasteiger partial charge in [-0.2, -0.15) is 5.10 Å². The van der Waals surface area contributed by atoms with Crippen molar-refractivity contribution in [3.05, 3.63) is 77.4 Å². The zero-order chi connectivity index (χ0) is 20.4. The molecular weight excluding hydrogens is 364 g/mol. The van der Waals surface area contributed by atoms with Crippen LogP contribution in [0.1, 0.15) is 34.4 Å². The molecule has 1 N–H and O–H groups in total. The third-order valence-corrected chi connectivity index (χ3v) is 4.91. The molecule has 2 aromatic heterocycles. The Kier molecular flexibility index (Phi) is 5.12. The van der Waals surface area contributed by atoms with Gasteiger partial charge >= 0.3 is 0 Å². The molecule has 29 heavy (non-hydrogen) atoms. The van der Waals surface area contributed by atoms with Gasteiger partial charge in [0.25, 0.3) is 5.91 Å². The molecule has 0 aliphatic carbocycles. The Balaban J connectivity index is 1.43. The van der Waals surface area contributed by atoms with Gasteiger partial charge in [0.15, 0.2) is 5.69 Å². The molecule has 4 aromatic rings. The molecule has 0 saturated heterocycles. The average molecular weight is 388 g/mol. The van der Waals surface area contributed by atoms with Crippen LogP contribution in [0.5, 0.6) is 0 Å². The van der Waals surface area contributed by atoms with Crippen LogP contribution in [0.25, 0.3) is 10.8 Å². The minimum Gasteiger partial charge on any atom is -0.346 e. The van der Waals surface area contributed by atoms with E-state index in [9.17, 15) is 4.79 Å². The van der Waals surface area contributed by atoms with Gasteiger partial charge in [0.2, 0.25) is 0 Å². The first-order valence-corrected chi connectivity index (χ1v) is 9.68. The van der Waals surface area contributed by atoms with E-state index in [0.29, 0.717) is 18.8 Å². The zero-order valence-electron chi connectivity index (χ0n) is 16.8. The maximum atomic E-state index is 12.6. The van der Waals surface area contributed by atoms with Crippen molar-refractivity contribution in [3.63, 3.8) is 0 Å². The average Bonchev–Trinajstić information content (AvgIpc) is 3.28. The fraction of sp³-hybridized carbons (Fsp3) is 0.273. The van der Waals surface area contributed by atoms with Crippen molar-refractivity contribution in [2.45, 2.75) is 39.9 Å². The summed E-state index contributed by atoms with van der Waals surface area (Å²) in [6, 6.07) is 16.4. The van der Waals surface area contributed by atoms with E-state index in [2.05, 4.69) is 45.0 Å². The molecule has 0 bridgehead atoms. The van der Waals surface area contributed by atoms with Gasteiger partial charge in [-0.05, 0) is 43.2 Å². The van der Waals surface area contributed by atoms with E-state index in [0.717, 1.165) is 17.0 Å². The number of aromatic nitrogens is 5. The Morgan fingerprint density at radius 1 is 1.14 bits per heavy atom. The van der Waals surface area contributed by atoms with E-state index in [1.807, 2.05) is 49.7 Å². The Morgan fingerprint density at radius 2 is 1.93 bits per heavy atom. The van der Waals surface area contributed by atoms with Crippen molar-refractivity contribution < 1.29 is 4.79 Å². The number of hydrogen-bond acceptors (Lipinski definition) is 4. The number of hydrogen-bond donors (Lipinski definition) is 1. The Hall–Kier alpha value is -3.48. The van der Waals surface area contributed by atoms with Gasteiger partial charge in [-0.25, -0.2) is 4.68 Å². The number of aryl methyl sites for hydroxylation is 2. The Bertz CT molecular complexity index is 1150. The molecule has 1 unspecified atom stereocenters. The highest BCUT2D eigenvalue weighted by molar-refractivity contribution is 5.92. The molecule has 4 rings (SSSR count). The van der Waals surface area contributed by atoms with Crippen molar-refractivity contribution in [3.8, 4) is 0 Å². The van der Waals surface area contributed by atoms with Crippen LogP contribution in [-0.4, -0.2) is 36.7 Å². The molecule has 0 fully saturated rings. The van der Waals surface area contributed by atoms with E-state index in [1.165, 1.54) is 10.8 Å². The van der Waals surface area contributed by atoms with Crippen LogP contribution >= 0.6 is 0 Å². The highest BCUT2D eigenvalue weighted by Crippen LogP contribution is 2.19. The summed E-state index contributed by atoms with van der Waals surface area (Å²) < 4.78 is 3.60. The SMILES string of the molecule is Cc1cc(C)n(CC(C)NC(=O)c2cn(Cc3cccc4ccccc34)nn2)n1. The third kappa shape index (κ3) is 4.18. The fourth-order valence-electron chi connectivity index (χ4n) is 3.55. The summed E-state index contributed by atoms with van der Waals surface area (Å²) >= 11 is 0. The molecule has 1 atom stereocenters. The van der Waals surface area contributed by atoms with E-state index >= 15 is 0 Å². The minimum atomic E-state index is -0.233. The van der Waals surface area contributed by atoms with Crippen molar-refractivity contribution in [2.24, 2.45) is 0 Å². The van der Waals surface area contributed by atoms with E-state index in [1.54, 1.807) is 10.9 Å². The highest BCUT2D eigenvalue weighted by Gasteiger charge is 2.15. The van der Waals surface area contributed by atoms with Crippen LogP contribution in [0.15, 0.2) is 54.7 Å². The summed E-state index contributed by atoms with van der Waals surface area (Å²) in [5, 5.41) is 18.0. The topological polar surface area (TPSA) is 77.6 Å². The highest BCUT2D eigenvalue weighted by atomic mass is 16.2. The second kappa shape index (κ2) is 7.87. The standard InChI is InChI=1S/C22H24N6O/c1-15-11-17(3)28(25-15)12-16(2)23-22(29)21-14-27(26-24-21)13-19-9-6-8-18-7-4-5-10-20(18)19/h4-11,14,16H,12-13H2,1-3H3,(H,23,29). The monoisotopic (exact) mass is 388 g/mol. The van der Waals surface area contributed by atoms with Gasteiger partial charge in [0.05, 0.1) is 25.0 Å². The first-order valence-electron chi connectivity index (χ1n) is 9.68. The predicted octanol–water partition coefficient (Wildman–Crippen LogP) is 3.11. The van der Waals surface area contributed by atoms with Crippen molar-refractivity contribution in [1.29, 1.82) is 0 Å². The third-order valence-electron chi connectivity index (χ3n) is 4.91. The van der Waals surface area contributed by atoms with Crippen LogP contribution in [0.2, 0.25) is 0 Å². The largest absolute Gasteiger partial charge is 0.346 e. The fourth-order valence-corrected chi connectivity index (χ4v) is 3.55. The van der Waals surface area contributed by atoms with Gasteiger partial charge < -0.3 is 5.32 Å². The molecule has 0 aliphatic rings. The summed E-state index contributed by atoms with van der Waals surface area (Å²) in [5.74, 6) is -0.233. The first kappa shape index (κ1) is 18.9. The van der Waals surface area contributed by atoms with Gasteiger partial charge in [-0.15, -0.1) is 5.10 Å². The predicted molar refractivity (Wildman–Crippen MR) is 112 cm³/mol. The maximum Gasteiger partial charge on any atom is 0.273 e. The van der Waals surface area contributed by atoms with E-state index in [4.69, 9.17) is 0 Å². The van der Waals surface area contributed by atoms with Crippen LogP contribution in [-0.2, 0) is 13.1 Å². The van der Waals surface area contributed by atoms with Gasteiger partial charge in [0.1, 0.15) is 0 Å². The van der Waals surface area contributed by atoms with Gasteiger partial charge in [0, 0.05) is 11.7 Å². The molecule has 1 amide bonds. The van der Waals surface area contributed by atoms with Crippen molar-refractivity contribution >= 4 is 16.7 Å². The molecule has 0 radical (unpaired) electrons. The molecule has 0 aliphatic heterocycles. The lowest BCUT2D eigenvalue weighted by Crippen LogP contribution is -2.36. The summed E-state index contributed by atoms with van der Waals surface area (Å²) in [5.41, 5.74) is 3.49. The molecule has 2 heterocycles. The number of benzene rings is 2. The van der Waals surface area contributed by atoms with Crippen LogP contribution in [0.4, 0.5) is 0 Å². The lowest BCUT2D eigenvalue weighted by atomic mass is 10.0. The lowest BCUT2D eigenvalue weighted by Gasteiger charge is -2.14. The molecule has 7 nitrogen and oxygen atoms in total. The molecule has 2 aromatic carbocycles. The van der Waals surface area contributed by atoms with Crippen LogP contribution < -0.4 is 5.32 Å². The van der Waals surface area contributed by atoms with E-state index < -0.39 is 0 Å². The summed E-state index contributed by atoms with van der Waals surface area (Å²) in [6.45, 7) is 7.09. The summed E-state index contributed by atoms with van der Waals surface area (Å²) in [4.78, 5) is 12.6. The number of nitrogens with one attached hydrogen (secondary N) is 1. The van der Waals surface area contributed by atoms with Crippen LogP contribution in [0, 0.1) is 13.8 Å². The second-order valence-electron chi connectivity index (χ2n) is 7.42. The molecular formula is C22H24N6O. The lowest BCUT2D eigenvalue weighted by molar-refractivity contribution is 0.0930. The van der Waals surface area contributed by atoms with Crippen LogP contribution in [0.3, 0.4) is 0 Å². The first-order chi connectivity index (χ1) is 14.0.